The third-order valence-electron chi connectivity index (χ3n) is 3.95. The smallest absolute Gasteiger partial charge is 0.202 e. The van der Waals surface area contributed by atoms with Crippen molar-refractivity contribution in [3.05, 3.63) is 60.2 Å². The van der Waals surface area contributed by atoms with Gasteiger partial charge in [-0.1, -0.05) is 54.6 Å². The highest BCUT2D eigenvalue weighted by Crippen LogP contribution is 2.36. The van der Waals surface area contributed by atoms with Gasteiger partial charge in [-0.05, 0) is 53.8 Å². The standard InChI is InChI=1S/C18H11BrO/c19-16(20)10-14-7-6-13-5-4-11-2-1-3-12-8-9-15(14)18(13)17(11)12/h1-9H,10H2. The summed E-state index contributed by atoms with van der Waals surface area (Å²) in [4.78, 5) is 11.4. The van der Waals surface area contributed by atoms with Crippen LogP contribution in [0.2, 0.25) is 0 Å². The van der Waals surface area contributed by atoms with Gasteiger partial charge in [-0.25, -0.2) is 0 Å². The van der Waals surface area contributed by atoms with Crippen molar-refractivity contribution in [3.8, 4) is 0 Å². The molecule has 0 saturated carbocycles. The first kappa shape index (κ1) is 11.9. The van der Waals surface area contributed by atoms with E-state index in [2.05, 4.69) is 70.5 Å². The Morgan fingerprint density at radius 3 is 2.10 bits per heavy atom. The van der Waals surface area contributed by atoms with E-state index in [0.29, 0.717) is 6.42 Å². The summed E-state index contributed by atoms with van der Waals surface area (Å²) >= 11 is 3.04. The fourth-order valence-corrected chi connectivity index (χ4v) is 3.40. The molecule has 20 heavy (non-hydrogen) atoms. The van der Waals surface area contributed by atoms with Crippen molar-refractivity contribution in [3.63, 3.8) is 0 Å². The molecular weight excluding hydrogens is 312 g/mol. The maximum Gasteiger partial charge on any atom is 0.202 e. The number of hydrogen-bond acceptors (Lipinski definition) is 1. The van der Waals surface area contributed by atoms with Crippen LogP contribution < -0.4 is 0 Å². The predicted octanol–water partition coefficient (Wildman–Crippen LogP) is 5.05. The lowest BCUT2D eigenvalue weighted by Crippen LogP contribution is -1.95. The molecule has 0 spiro atoms. The minimum Gasteiger partial charge on any atom is -0.286 e. The van der Waals surface area contributed by atoms with E-state index in [4.69, 9.17) is 0 Å². The van der Waals surface area contributed by atoms with Gasteiger partial charge in [-0.2, -0.15) is 0 Å². The van der Waals surface area contributed by atoms with Crippen molar-refractivity contribution in [1.82, 2.24) is 0 Å². The van der Waals surface area contributed by atoms with Crippen LogP contribution in [0.4, 0.5) is 0 Å². The number of carbonyl (C=O) groups excluding carboxylic acids is 1. The van der Waals surface area contributed by atoms with Gasteiger partial charge in [0.15, 0.2) is 0 Å². The molecule has 0 saturated heterocycles. The molecule has 0 atom stereocenters. The highest BCUT2D eigenvalue weighted by Gasteiger charge is 2.11. The topological polar surface area (TPSA) is 17.1 Å². The minimum atomic E-state index is 0.0209. The van der Waals surface area contributed by atoms with Crippen LogP contribution in [-0.4, -0.2) is 4.69 Å². The number of carbonyl (C=O) groups is 1. The summed E-state index contributed by atoms with van der Waals surface area (Å²) in [5, 5.41) is 7.48. The zero-order chi connectivity index (χ0) is 13.7. The maximum absolute atomic E-state index is 11.4. The molecule has 4 aromatic carbocycles. The average Bonchev–Trinajstić information content (AvgIpc) is 2.46. The SMILES string of the molecule is O=C(Br)Cc1ccc2ccc3cccc4ccc1c2c34. The number of benzene rings is 4. The second-order valence-corrected chi connectivity index (χ2v) is 6.00. The molecule has 0 aliphatic heterocycles. The van der Waals surface area contributed by atoms with Crippen molar-refractivity contribution in [2.45, 2.75) is 6.42 Å². The summed E-state index contributed by atoms with van der Waals surface area (Å²) < 4.78 is 0.0209. The van der Waals surface area contributed by atoms with Crippen LogP contribution in [0.5, 0.6) is 0 Å². The molecule has 0 bridgehead atoms. The highest BCUT2D eigenvalue weighted by atomic mass is 79.9. The fraction of sp³-hybridized carbons (Fsp3) is 0.0556. The second kappa shape index (κ2) is 4.29. The van der Waals surface area contributed by atoms with Gasteiger partial charge >= 0.3 is 0 Å². The van der Waals surface area contributed by atoms with E-state index < -0.39 is 0 Å². The first-order valence-electron chi connectivity index (χ1n) is 6.58. The van der Waals surface area contributed by atoms with Gasteiger partial charge in [0.2, 0.25) is 4.69 Å². The minimum absolute atomic E-state index is 0.0209. The molecule has 4 rings (SSSR count). The molecular formula is C18H11BrO. The summed E-state index contributed by atoms with van der Waals surface area (Å²) in [6.45, 7) is 0. The lowest BCUT2D eigenvalue weighted by molar-refractivity contribution is -0.109. The molecule has 4 aromatic rings. The van der Waals surface area contributed by atoms with Crippen LogP contribution >= 0.6 is 15.9 Å². The molecule has 2 heteroatoms. The van der Waals surface area contributed by atoms with E-state index in [0.717, 1.165) is 5.56 Å². The number of hydrogen-bond donors (Lipinski definition) is 0. The Kier molecular flexibility index (Phi) is 2.54. The summed E-state index contributed by atoms with van der Waals surface area (Å²) in [6, 6.07) is 19.1. The Bertz CT molecular complexity index is 940. The van der Waals surface area contributed by atoms with Gasteiger partial charge < -0.3 is 0 Å². The molecule has 0 aliphatic carbocycles. The molecule has 0 radical (unpaired) electrons. The highest BCUT2D eigenvalue weighted by molar-refractivity contribution is 9.18. The quantitative estimate of drug-likeness (QED) is 0.373. The molecule has 96 valence electrons. The Morgan fingerprint density at radius 1 is 0.800 bits per heavy atom. The van der Waals surface area contributed by atoms with Crippen molar-refractivity contribution in [1.29, 1.82) is 0 Å². The van der Waals surface area contributed by atoms with Gasteiger partial charge in [-0.15, -0.1) is 0 Å². The molecule has 0 aliphatic rings. The zero-order valence-electron chi connectivity index (χ0n) is 10.7. The van der Waals surface area contributed by atoms with E-state index in [9.17, 15) is 4.79 Å². The van der Waals surface area contributed by atoms with Crippen LogP contribution in [0.15, 0.2) is 54.6 Å². The monoisotopic (exact) mass is 322 g/mol. The van der Waals surface area contributed by atoms with E-state index in [1.165, 1.54) is 32.3 Å². The van der Waals surface area contributed by atoms with E-state index in [1.54, 1.807) is 0 Å². The van der Waals surface area contributed by atoms with Crippen LogP contribution in [0.25, 0.3) is 32.3 Å². The number of rotatable bonds is 2. The summed E-state index contributed by atoms with van der Waals surface area (Å²) in [5.41, 5.74) is 1.08. The van der Waals surface area contributed by atoms with E-state index in [1.807, 2.05) is 0 Å². The molecule has 0 heterocycles. The van der Waals surface area contributed by atoms with Crippen LogP contribution in [-0.2, 0) is 11.2 Å². The van der Waals surface area contributed by atoms with E-state index in [-0.39, 0.29) is 4.69 Å². The lowest BCUT2D eigenvalue weighted by atomic mass is 9.91. The van der Waals surface area contributed by atoms with Crippen LogP contribution in [0.3, 0.4) is 0 Å². The summed E-state index contributed by atoms with van der Waals surface area (Å²) in [5.74, 6) is 0. The van der Waals surface area contributed by atoms with Gasteiger partial charge in [-0.3, -0.25) is 4.79 Å². The molecule has 0 fully saturated rings. The van der Waals surface area contributed by atoms with Gasteiger partial charge in [0, 0.05) is 6.42 Å². The summed E-state index contributed by atoms with van der Waals surface area (Å²) in [6.07, 6.45) is 0.425. The predicted molar refractivity (Wildman–Crippen MR) is 87.8 cm³/mol. The third kappa shape index (κ3) is 1.65. The fourth-order valence-electron chi connectivity index (χ4n) is 3.10. The third-order valence-corrected chi connectivity index (χ3v) is 4.23. The first-order valence-corrected chi connectivity index (χ1v) is 7.37. The van der Waals surface area contributed by atoms with Crippen molar-refractivity contribution < 1.29 is 4.79 Å². The van der Waals surface area contributed by atoms with Crippen LogP contribution in [0.1, 0.15) is 5.56 Å². The second-order valence-electron chi connectivity index (χ2n) is 5.11. The number of halogens is 1. The van der Waals surface area contributed by atoms with Gasteiger partial charge in [0.1, 0.15) is 0 Å². The van der Waals surface area contributed by atoms with E-state index >= 15 is 0 Å². The summed E-state index contributed by atoms with van der Waals surface area (Å²) in [7, 11) is 0. The van der Waals surface area contributed by atoms with Gasteiger partial charge in [0.25, 0.3) is 0 Å². The first-order chi connectivity index (χ1) is 9.74. The van der Waals surface area contributed by atoms with Gasteiger partial charge in [0.05, 0.1) is 0 Å². The lowest BCUT2D eigenvalue weighted by Gasteiger charge is -2.13. The maximum atomic E-state index is 11.4. The van der Waals surface area contributed by atoms with Crippen molar-refractivity contribution >= 4 is 52.9 Å². The Morgan fingerprint density at radius 2 is 1.40 bits per heavy atom. The Labute approximate surface area is 124 Å². The largest absolute Gasteiger partial charge is 0.286 e. The molecule has 0 unspecified atom stereocenters. The zero-order valence-corrected chi connectivity index (χ0v) is 12.3. The average molecular weight is 323 g/mol. The Hall–Kier alpha value is -1.93. The normalized spacial score (nSPS) is 11.7. The molecule has 1 nitrogen and oxygen atoms in total. The Balaban J connectivity index is 2.23. The molecule has 0 aromatic heterocycles. The van der Waals surface area contributed by atoms with Crippen molar-refractivity contribution in [2.75, 3.05) is 0 Å². The van der Waals surface area contributed by atoms with Crippen LogP contribution in [0, 0.1) is 0 Å². The molecule has 0 amide bonds. The molecule has 0 N–H and O–H groups in total. The van der Waals surface area contributed by atoms with Crippen molar-refractivity contribution in [2.24, 2.45) is 0 Å².